The van der Waals surface area contributed by atoms with Gasteiger partial charge in [0.1, 0.15) is 11.4 Å². The lowest BCUT2D eigenvalue weighted by atomic mass is 10.1. The molecule has 2 amide bonds. The number of carbonyl (C=O) groups is 2. The third-order valence-corrected chi connectivity index (χ3v) is 5.18. The molecule has 0 aliphatic carbocycles. The Kier molecular flexibility index (Phi) is 6.07. The summed E-state index contributed by atoms with van der Waals surface area (Å²) in [7, 11) is 4.09. The molecule has 1 saturated heterocycles. The molecule has 1 fully saturated rings. The van der Waals surface area contributed by atoms with Crippen molar-refractivity contribution in [2.75, 3.05) is 32.9 Å². The van der Waals surface area contributed by atoms with Gasteiger partial charge in [0.15, 0.2) is 0 Å². The third kappa shape index (κ3) is 4.48. The van der Waals surface area contributed by atoms with Crippen LogP contribution in [0, 0.1) is 6.92 Å². The highest BCUT2D eigenvalue weighted by Crippen LogP contribution is 2.40. The van der Waals surface area contributed by atoms with Crippen LogP contribution in [0.25, 0.3) is 0 Å². The van der Waals surface area contributed by atoms with E-state index in [4.69, 9.17) is 0 Å². The Hall–Kier alpha value is -1.53. The molecular weight excluding hydrogens is 310 g/mol. The summed E-state index contributed by atoms with van der Waals surface area (Å²) in [4.78, 5) is 27.7. The number of amides is 2. The molecule has 0 saturated carbocycles. The van der Waals surface area contributed by atoms with E-state index in [0.717, 1.165) is 17.7 Å². The van der Waals surface area contributed by atoms with Gasteiger partial charge in [0, 0.05) is 0 Å². The molecule has 126 valence electrons. The van der Waals surface area contributed by atoms with Crippen LogP contribution in [0.1, 0.15) is 23.4 Å². The summed E-state index contributed by atoms with van der Waals surface area (Å²) in [5.74, 6) is 0.375. The number of nitrogens with one attached hydrogen (secondary N) is 2. The number of benzene rings is 1. The summed E-state index contributed by atoms with van der Waals surface area (Å²) in [6, 6.07) is 7.69. The predicted octanol–water partition coefficient (Wildman–Crippen LogP) is 0.218. The zero-order valence-electron chi connectivity index (χ0n) is 14.3. The van der Waals surface area contributed by atoms with Crippen LogP contribution in [0.5, 0.6) is 0 Å². The maximum absolute atomic E-state index is 12.4. The van der Waals surface area contributed by atoms with Crippen molar-refractivity contribution in [1.29, 1.82) is 0 Å². The highest BCUT2D eigenvalue weighted by Gasteiger charge is 2.38. The third-order valence-electron chi connectivity index (χ3n) is 3.95. The van der Waals surface area contributed by atoms with Gasteiger partial charge in [-0.25, -0.2) is 0 Å². The van der Waals surface area contributed by atoms with Crippen LogP contribution < -0.4 is 10.2 Å². The molecular formula is C17H26N3O2S+. The average molecular weight is 336 g/mol. The monoisotopic (exact) mass is 336 g/mol. The molecule has 0 bridgehead atoms. The van der Waals surface area contributed by atoms with Gasteiger partial charge in [-0.05, 0) is 19.4 Å². The number of nitrogens with zero attached hydrogens (tertiary/aromatic N) is 1. The van der Waals surface area contributed by atoms with E-state index in [1.165, 1.54) is 4.90 Å². The molecule has 1 aromatic rings. The number of likely N-dealkylation sites (N-methyl/N-ethyl adjacent to an activating group) is 1. The van der Waals surface area contributed by atoms with Crippen LogP contribution in [0.15, 0.2) is 24.3 Å². The number of hydrogen-bond donors (Lipinski definition) is 2. The Morgan fingerprint density at radius 1 is 1.48 bits per heavy atom. The first-order valence-corrected chi connectivity index (χ1v) is 9.01. The second kappa shape index (κ2) is 7.84. The van der Waals surface area contributed by atoms with Crippen molar-refractivity contribution in [3.63, 3.8) is 0 Å². The number of aryl methyl sites for hydroxylation is 1. The lowest BCUT2D eigenvalue weighted by Crippen LogP contribution is -3.06. The van der Waals surface area contributed by atoms with Gasteiger partial charge >= 0.3 is 0 Å². The molecule has 0 radical (unpaired) electrons. The van der Waals surface area contributed by atoms with Gasteiger partial charge in [0.25, 0.3) is 0 Å². The van der Waals surface area contributed by atoms with E-state index in [0.29, 0.717) is 12.3 Å². The molecule has 1 aliphatic heterocycles. The predicted molar refractivity (Wildman–Crippen MR) is 93.4 cm³/mol. The molecule has 0 aromatic heterocycles. The van der Waals surface area contributed by atoms with Crippen LogP contribution in [-0.2, 0) is 9.59 Å². The van der Waals surface area contributed by atoms with Crippen molar-refractivity contribution in [3.8, 4) is 0 Å². The Balaban J connectivity index is 2.08. The molecule has 0 unspecified atom stereocenters. The maximum atomic E-state index is 12.4. The van der Waals surface area contributed by atoms with Gasteiger partial charge in [0.05, 0.1) is 32.9 Å². The fraction of sp³-hybridized carbons (Fsp3) is 0.529. The van der Waals surface area contributed by atoms with Gasteiger partial charge in [-0.2, -0.15) is 0 Å². The van der Waals surface area contributed by atoms with Crippen LogP contribution in [0.2, 0.25) is 0 Å². The molecule has 1 aromatic carbocycles. The first-order chi connectivity index (χ1) is 10.9. The summed E-state index contributed by atoms with van der Waals surface area (Å²) < 4.78 is 0. The maximum Gasteiger partial charge on any atom is 0.242 e. The van der Waals surface area contributed by atoms with Crippen molar-refractivity contribution in [3.05, 3.63) is 35.4 Å². The number of rotatable bonds is 6. The number of carbonyl (C=O) groups excluding carboxylic acids is 2. The Morgan fingerprint density at radius 3 is 2.87 bits per heavy atom. The van der Waals surface area contributed by atoms with Gasteiger partial charge < -0.3 is 15.1 Å². The van der Waals surface area contributed by atoms with E-state index in [9.17, 15) is 9.59 Å². The summed E-state index contributed by atoms with van der Waals surface area (Å²) in [5.41, 5.74) is 2.24. The Labute approximate surface area is 142 Å². The highest BCUT2D eigenvalue weighted by molar-refractivity contribution is 8.00. The van der Waals surface area contributed by atoms with E-state index in [2.05, 4.69) is 11.4 Å². The minimum atomic E-state index is -0.458. The van der Waals surface area contributed by atoms with Gasteiger partial charge in [-0.3, -0.25) is 9.59 Å². The van der Waals surface area contributed by atoms with E-state index in [-0.39, 0.29) is 17.2 Å². The lowest BCUT2D eigenvalue weighted by Gasteiger charge is -2.29. The fourth-order valence-electron chi connectivity index (χ4n) is 2.65. The van der Waals surface area contributed by atoms with Crippen molar-refractivity contribution >= 4 is 23.6 Å². The van der Waals surface area contributed by atoms with Crippen molar-refractivity contribution in [2.45, 2.75) is 25.3 Å². The number of quaternary nitrogens is 1. The first kappa shape index (κ1) is 17.8. The molecule has 23 heavy (non-hydrogen) atoms. The highest BCUT2D eigenvalue weighted by atomic mass is 32.2. The van der Waals surface area contributed by atoms with Crippen LogP contribution >= 0.6 is 11.8 Å². The zero-order chi connectivity index (χ0) is 17.0. The minimum Gasteiger partial charge on any atom is -0.349 e. The lowest BCUT2D eigenvalue weighted by molar-refractivity contribution is -0.856. The summed E-state index contributed by atoms with van der Waals surface area (Å²) >= 11 is 1.59. The molecule has 1 aliphatic rings. The second-order valence-electron chi connectivity index (χ2n) is 6.30. The normalized spacial score (nSPS) is 19.3. The topological polar surface area (TPSA) is 53.9 Å². The molecule has 5 nitrogen and oxygen atoms in total. The van der Waals surface area contributed by atoms with Gasteiger partial charge in [-0.15, -0.1) is 11.8 Å². The largest absolute Gasteiger partial charge is 0.349 e. The molecule has 2 rings (SSSR count). The smallest absolute Gasteiger partial charge is 0.242 e. The summed E-state index contributed by atoms with van der Waals surface area (Å²) in [6.07, 6.45) is 0. The van der Waals surface area contributed by atoms with Gasteiger partial charge in [0.2, 0.25) is 11.8 Å². The molecule has 2 N–H and O–H groups in total. The molecule has 0 spiro atoms. The average Bonchev–Trinajstić information content (AvgIpc) is 2.87. The SMILES string of the molecule is Cc1cccc([C@H]2SCC(=O)N2[C@@H](C)C(=O)NCC[NH+](C)C)c1. The second-order valence-corrected chi connectivity index (χ2v) is 7.37. The Morgan fingerprint density at radius 2 is 2.22 bits per heavy atom. The van der Waals surface area contributed by atoms with E-state index in [1.54, 1.807) is 16.7 Å². The van der Waals surface area contributed by atoms with E-state index >= 15 is 0 Å². The van der Waals surface area contributed by atoms with E-state index < -0.39 is 6.04 Å². The fourth-order valence-corrected chi connectivity index (χ4v) is 3.89. The molecule has 6 heteroatoms. The van der Waals surface area contributed by atoms with Crippen molar-refractivity contribution in [2.24, 2.45) is 0 Å². The van der Waals surface area contributed by atoms with Crippen LogP contribution in [0.4, 0.5) is 0 Å². The van der Waals surface area contributed by atoms with Gasteiger partial charge in [-0.1, -0.05) is 29.8 Å². The molecule has 2 atom stereocenters. The van der Waals surface area contributed by atoms with Crippen molar-refractivity contribution in [1.82, 2.24) is 10.2 Å². The summed E-state index contributed by atoms with van der Waals surface area (Å²) in [5, 5.41) is 2.85. The summed E-state index contributed by atoms with van der Waals surface area (Å²) in [6.45, 7) is 5.33. The zero-order valence-corrected chi connectivity index (χ0v) is 15.1. The number of hydrogen-bond acceptors (Lipinski definition) is 3. The van der Waals surface area contributed by atoms with Crippen LogP contribution in [0.3, 0.4) is 0 Å². The van der Waals surface area contributed by atoms with Crippen molar-refractivity contribution < 1.29 is 14.5 Å². The van der Waals surface area contributed by atoms with Crippen LogP contribution in [-0.4, -0.2) is 55.7 Å². The van der Waals surface area contributed by atoms with E-state index in [1.807, 2.05) is 46.1 Å². The molecule has 1 heterocycles. The Bertz CT molecular complexity index is 577. The number of thioether (sulfide) groups is 1. The first-order valence-electron chi connectivity index (χ1n) is 7.96. The standard InChI is InChI=1S/C17H25N3O2S/c1-12-6-5-7-14(10-12)17-20(15(21)11-23-17)13(2)16(22)18-8-9-19(3)4/h5-7,10,13,17H,8-9,11H2,1-4H3,(H,18,22)/p+1/t13-,17+/m0/s1. The minimum absolute atomic E-state index is 0.0300. The quantitative estimate of drug-likeness (QED) is 0.781.